The monoisotopic (exact) mass is 403 g/mol. The van der Waals surface area contributed by atoms with Crippen LogP contribution in [0.5, 0.6) is 5.75 Å². The van der Waals surface area contributed by atoms with Crippen molar-refractivity contribution < 1.29 is 22.7 Å². The van der Waals surface area contributed by atoms with Crippen molar-refractivity contribution in [2.45, 2.75) is 25.7 Å². The Labute approximate surface area is 166 Å². The number of nitrogens with zero attached hydrogens (tertiary/aromatic N) is 1. The lowest BCUT2D eigenvalue weighted by Gasteiger charge is -2.25. The van der Waals surface area contributed by atoms with E-state index in [1.165, 1.54) is 11.4 Å². The van der Waals surface area contributed by atoms with Crippen molar-refractivity contribution in [3.63, 3.8) is 0 Å². The van der Waals surface area contributed by atoms with Gasteiger partial charge in [0.25, 0.3) is 10.0 Å². The lowest BCUT2D eigenvalue weighted by Crippen LogP contribution is -2.34. The molecule has 0 bridgehead atoms. The lowest BCUT2D eigenvalue weighted by atomic mass is 10.2. The van der Waals surface area contributed by atoms with Crippen molar-refractivity contribution in [1.82, 2.24) is 0 Å². The van der Waals surface area contributed by atoms with E-state index in [9.17, 15) is 13.2 Å². The van der Waals surface area contributed by atoms with Gasteiger partial charge in [-0.1, -0.05) is 23.8 Å². The molecule has 0 spiro atoms. The van der Waals surface area contributed by atoms with E-state index >= 15 is 0 Å². The Balaban J connectivity index is 2.51. The summed E-state index contributed by atoms with van der Waals surface area (Å²) in [4.78, 5) is 12.4. The number of ether oxygens (including phenoxy) is 2. The van der Waals surface area contributed by atoms with Crippen LogP contribution in [0, 0.1) is 6.92 Å². The predicted molar refractivity (Wildman–Crippen MR) is 109 cm³/mol. The molecule has 0 saturated heterocycles. The fraction of sp³-hybridized carbons (Fsp3) is 0.286. The van der Waals surface area contributed by atoms with E-state index in [0.29, 0.717) is 11.4 Å². The molecule has 0 aromatic heterocycles. The van der Waals surface area contributed by atoms with Gasteiger partial charge in [-0.05, 0) is 57.2 Å². The number of hydrogen-bond donors (Lipinski definition) is 0. The number of aryl methyl sites for hydroxylation is 1. The van der Waals surface area contributed by atoms with Gasteiger partial charge in [0, 0.05) is 0 Å². The largest absolute Gasteiger partial charge is 0.497 e. The highest BCUT2D eigenvalue weighted by Crippen LogP contribution is 2.27. The van der Waals surface area contributed by atoms with Gasteiger partial charge in [-0.2, -0.15) is 0 Å². The lowest BCUT2D eigenvalue weighted by molar-refractivity contribution is -0.138. The van der Waals surface area contributed by atoms with Crippen LogP contribution in [-0.2, 0) is 19.6 Å². The summed E-state index contributed by atoms with van der Waals surface area (Å²) in [5, 5.41) is 0. The molecule has 2 rings (SSSR count). The maximum Gasteiger partial charge on any atom is 0.335 e. The molecule has 0 heterocycles. The van der Waals surface area contributed by atoms with Gasteiger partial charge >= 0.3 is 5.97 Å². The Bertz CT molecular complexity index is 932. The van der Waals surface area contributed by atoms with Gasteiger partial charge in [-0.3, -0.25) is 4.31 Å². The second-order valence-electron chi connectivity index (χ2n) is 6.06. The van der Waals surface area contributed by atoms with E-state index in [1.54, 1.807) is 68.5 Å². The number of anilines is 1. The van der Waals surface area contributed by atoms with Crippen molar-refractivity contribution in [3.8, 4) is 5.75 Å². The van der Waals surface area contributed by atoms with Gasteiger partial charge in [0.2, 0.25) is 0 Å². The van der Waals surface area contributed by atoms with Gasteiger partial charge in [-0.15, -0.1) is 0 Å². The summed E-state index contributed by atoms with van der Waals surface area (Å²) in [5.74, 6) is 0.0655. The first kappa shape index (κ1) is 21.5. The Morgan fingerprint density at radius 3 is 2.18 bits per heavy atom. The molecule has 0 radical (unpaired) electrons. The molecule has 28 heavy (non-hydrogen) atoms. The number of rotatable bonds is 8. The molecule has 0 aliphatic rings. The molecule has 150 valence electrons. The average molecular weight is 404 g/mol. The SMILES string of the molecule is C/C=C(\CN(c1ccc(OC)cc1)S(=O)(=O)c1ccc(C)cc1)C(=O)OCC. The van der Waals surface area contributed by atoms with E-state index in [1.807, 2.05) is 6.92 Å². The van der Waals surface area contributed by atoms with E-state index in [2.05, 4.69) is 0 Å². The molecule has 2 aromatic rings. The van der Waals surface area contributed by atoms with Crippen LogP contribution in [0.25, 0.3) is 0 Å². The predicted octanol–water partition coefficient (Wildman–Crippen LogP) is 3.71. The number of carbonyl (C=O) groups is 1. The van der Waals surface area contributed by atoms with Crippen LogP contribution in [0.3, 0.4) is 0 Å². The van der Waals surface area contributed by atoms with Crippen LogP contribution in [0.15, 0.2) is 65.1 Å². The summed E-state index contributed by atoms with van der Waals surface area (Å²) >= 11 is 0. The molecule has 0 N–H and O–H groups in total. The van der Waals surface area contributed by atoms with E-state index in [0.717, 1.165) is 5.56 Å². The van der Waals surface area contributed by atoms with Gasteiger partial charge < -0.3 is 9.47 Å². The topological polar surface area (TPSA) is 72.9 Å². The molecule has 0 atom stereocenters. The number of sulfonamides is 1. The number of methoxy groups -OCH3 is 1. The van der Waals surface area contributed by atoms with Crippen molar-refractivity contribution in [3.05, 3.63) is 65.7 Å². The molecule has 6 nitrogen and oxygen atoms in total. The minimum atomic E-state index is -3.90. The fourth-order valence-electron chi connectivity index (χ4n) is 2.55. The van der Waals surface area contributed by atoms with Crippen LogP contribution in [0.1, 0.15) is 19.4 Å². The summed E-state index contributed by atoms with van der Waals surface area (Å²) in [5.41, 5.74) is 1.63. The van der Waals surface area contributed by atoms with Crippen LogP contribution in [0.2, 0.25) is 0 Å². The van der Waals surface area contributed by atoms with Crippen molar-refractivity contribution in [2.75, 3.05) is 24.6 Å². The van der Waals surface area contributed by atoms with E-state index in [4.69, 9.17) is 9.47 Å². The van der Waals surface area contributed by atoms with Crippen LogP contribution in [-0.4, -0.2) is 34.6 Å². The number of hydrogen-bond acceptors (Lipinski definition) is 5. The molecule has 0 aliphatic heterocycles. The third-order valence-electron chi connectivity index (χ3n) is 4.17. The quantitative estimate of drug-likeness (QED) is 0.496. The molecular formula is C21H25NO5S. The molecule has 0 fully saturated rings. The molecule has 2 aromatic carbocycles. The molecule has 0 saturated carbocycles. The Morgan fingerprint density at radius 1 is 1.07 bits per heavy atom. The molecule has 0 aliphatic carbocycles. The van der Waals surface area contributed by atoms with E-state index in [-0.39, 0.29) is 23.6 Å². The maximum absolute atomic E-state index is 13.3. The zero-order valence-corrected chi connectivity index (χ0v) is 17.3. The smallest absolute Gasteiger partial charge is 0.335 e. The normalized spacial score (nSPS) is 11.8. The highest BCUT2D eigenvalue weighted by Gasteiger charge is 2.27. The first-order valence-electron chi connectivity index (χ1n) is 8.89. The highest BCUT2D eigenvalue weighted by molar-refractivity contribution is 7.92. The fourth-order valence-corrected chi connectivity index (χ4v) is 4.00. The Kier molecular flexibility index (Phi) is 7.23. The number of allylic oxidation sites excluding steroid dienone is 1. The highest BCUT2D eigenvalue weighted by atomic mass is 32.2. The van der Waals surface area contributed by atoms with Gasteiger partial charge in [0.1, 0.15) is 5.75 Å². The van der Waals surface area contributed by atoms with Crippen LogP contribution in [0.4, 0.5) is 5.69 Å². The molecular weight excluding hydrogens is 378 g/mol. The minimum absolute atomic E-state index is 0.141. The van der Waals surface area contributed by atoms with Crippen molar-refractivity contribution in [2.24, 2.45) is 0 Å². The summed E-state index contributed by atoms with van der Waals surface area (Å²) in [6.07, 6.45) is 1.57. The van der Waals surface area contributed by atoms with Gasteiger partial charge in [0.15, 0.2) is 0 Å². The maximum atomic E-state index is 13.3. The summed E-state index contributed by atoms with van der Waals surface area (Å²) < 4.78 is 38.1. The second kappa shape index (κ2) is 9.41. The summed E-state index contributed by atoms with van der Waals surface area (Å²) in [6.45, 7) is 5.34. The Hall–Kier alpha value is -2.80. The standard InChI is InChI=1S/C21H25NO5S/c1-5-17(21(23)27-6-2)15-22(18-9-11-19(26-4)12-10-18)28(24,25)20-13-7-16(3)8-14-20/h5,7-14H,6,15H2,1-4H3/b17-5+. The summed E-state index contributed by atoms with van der Waals surface area (Å²) in [7, 11) is -2.36. The molecule has 7 heteroatoms. The van der Waals surface area contributed by atoms with Crippen LogP contribution >= 0.6 is 0 Å². The zero-order valence-electron chi connectivity index (χ0n) is 16.5. The zero-order chi connectivity index (χ0) is 20.7. The van der Waals surface area contributed by atoms with Crippen LogP contribution < -0.4 is 9.04 Å². The number of carbonyl (C=O) groups excluding carboxylic acids is 1. The molecule has 0 amide bonds. The van der Waals surface area contributed by atoms with Gasteiger partial charge in [0.05, 0.1) is 36.4 Å². The average Bonchev–Trinajstić information content (AvgIpc) is 2.69. The minimum Gasteiger partial charge on any atom is -0.497 e. The second-order valence-corrected chi connectivity index (χ2v) is 7.92. The Morgan fingerprint density at radius 2 is 1.68 bits per heavy atom. The van der Waals surface area contributed by atoms with Crippen molar-refractivity contribution >= 4 is 21.7 Å². The third kappa shape index (κ3) is 4.92. The van der Waals surface area contributed by atoms with Gasteiger partial charge in [-0.25, -0.2) is 13.2 Å². The number of esters is 1. The molecule has 0 unspecified atom stereocenters. The van der Waals surface area contributed by atoms with Crippen molar-refractivity contribution in [1.29, 1.82) is 0 Å². The summed E-state index contributed by atoms with van der Waals surface area (Å²) in [6, 6.07) is 13.2. The number of benzene rings is 2. The first-order valence-corrected chi connectivity index (χ1v) is 10.3. The third-order valence-corrected chi connectivity index (χ3v) is 5.96. The first-order chi connectivity index (χ1) is 13.3. The van der Waals surface area contributed by atoms with E-state index < -0.39 is 16.0 Å².